The van der Waals surface area contributed by atoms with Gasteiger partial charge in [0.15, 0.2) is 17.5 Å². The van der Waals surface area contributed by atoms with Crippen molar-refractivity contribution >= 4 is 11.6 Å². The smallest absolute Gasteiger partial charge is 0.195 e. The number of likely N-dealkylation sites (tertiary alicyclic amines) is 1. The number of nitrogens with zero attached hydrogens (tertiary/aromatic N) is 2. The lowest BCUT2D eigenvalue weighted by Gasteiger charge is -2.29. The average molecular weight is 413 g/mol. The SMILES string of the molecule is CN=C(NCC(c1cccc(OC)c1)N1CCCC1)Nc1ccc(OC)c(OC)c1. The topological polar surface area (TPSA) is 67.4 Å². The van der Waals surface area contributed by atoms with Gasteiger partial charge in [0.05, 0.1) is 27.4 Å². The molecule has 1 heterocycles. The molecule has 1 aliphatic heterocycles. The zero-order valence-corrected chi connectivity index (χ0v) is 18.3. The van der Waals surface area contributed by atoms with Crippen molar-refractivity contribution in [3.8, 4) is 17.2 Å². The number of anilines is 1. The fourth-order valence-corrected chi connectivity index (χ4v) is 3.78. The first-order valence-electron chi connectivity index (χ1n) is 10.3. The van der Waals surface area contributed by atoms with Gasteiger partial charge in [-0.05, 0) is 55.8 Å². The van der Waals surface area contributed by atoms with Gasteiger partial charge in [-0.1, -0.05) is 12.1 Å². The molecule has 2 N–H and O–H groups in total. The van der Waals surface area contributed by atoms with Crippen LogP contribution in [0, 0.1) is 0 Å². The molecule has 1 saturated heterocycles. The highest BCUT2D eigenvalue weighted by Crippen LogP contribution is 2.30. The quantitative estimate of drug-likeness (QED) is 0.511. The van der Waals surface area contributed by atoms with E-state index >= 15 is 0 Å². The van der Waals surface area contributed by atoms with E-state index in [-0.39, 0.29) is 6.04 Å². The summed E-state index contributed by atoms with van der Waals surface area (Å²) in [5, 5.41) is 6.82. The van der Waals surface area contributed by atoms with E-state index < -0.39 is 0 Å². The first-order valence-corrected chi connectivity index (χ1v) is 10.3. The predicted molar refractivity (Wildman–Crippen MR) is 121 cm³/mol. The van der Waals surface area contributed by atoms with Crippen molar-refractivity contribution in [3.05, 3.63) is 48.0 Å². The summed E-state index contributed by atoms with van der Waals surface area (Å²) >= 11 is 0. The van der Waals surface area contributed by atoms with Crippen molar-refractivity contribution in [3.63, 3.8) is 0 Å². The molecule has 1 aliphatic rings. The van der Waals surface area contributed by atoms with Crippen LogP contribution in [0.4, 0.5) is 5.69 Å². The molecule has 0 saturated carbocycles. The zero-order valence-electron chi connectivity index (χ0n) is 18.3. The second-order valence-electron chi connectivity index (χ2n) is 7.18. The van der Waals surface area contributed by atoms with Gasteiger partial charge >= 0.3 is 0 Å². The third-order valence-electron chi connectivity index (χ3n) is 5.39. The Kier molecular flexibility index (Phi) is 7.79. The largest absolute Gasteiger partial charge is 0.497 e. The minimum atomic E-state index is 0.242. The molecular weight excluding hydrogens is 380 g/mol. The monoisotopic (exact) mass is 412 g/mol. The van der Waals surface area contributed by atoms with Crippen molar-refractivity contribution in [1.82, 2.24) is 10.2 Å². The minimum Gasteiger partial charge on any atom is -0.497 e. The standard InChI is InChI=1S/C23H32N4O3/c1-24-23(26-18-10-11-21(29-3)22(15-18)30-4)25-16-20(27-12-5-6-13-27)17-8-7-9-19(14-17)28-2/h7-11,14-15,20H,5-6,12-13,16H2,1-4H3,(H2,24,25,26). The molecule has 30 heavy (non-hydrogen) atoms. The lowest BCUT2D eigenvalue weighted by Crippen LogP contribution is -2.39. The van der Waals surface area contributed by atoms with E-state index in [1.165, 1.54) is 18.4 Å². The Balaban J connectivity index is 1.71. The van der Waals surface area contributed by atoms with Crippen molar-refractivity contribution in [2.24, 2.45) is 4.99 Å². The lowest BCUT2D eigenvalue weighted by molar-refractivity contribution is 0.245. The molecule has 2 aromatic carbocycles. The van der Waals surface area contributed by atoms with Crippen molar-refractivity contribution in [2.75, 3.05) is 53.3 Å². The summed E-state index contributed by atoms with van der Waals surface area (Å²) in [5.74, 6) is 2.95. The van der Waals surface area contributed by atoms with Crippen LogP contribution < -0.4 is 24.8 Å². The third-order valence-corrected chi connectivity index (χ3v) is 5.39. The molecule has 0 radical (unpaired) electrons. The summed E-state index contributed by atoms with van der Waals surface area (Å²) in [4.78, 5) is 6.91. The summed E-state index contributed by atoms with van der Waals surface area (Å²) < 4.78 is 16.1. The van der Waals surface area contributed by atoms with Gasteiger partial charge in [0, 0.05) is 25.3 Å². The normalized spacial score (nSPS) is 15.5. The van der Waals surface area contributed by atoms with Crippen LogP contribution in [0.1, 0.15) is 24.4 Å². The second kappa shape index (κ2) is 10.7. The number of hydrogen-bond donors (Lipinski definition) is 2. The van der Waals surface area contributed by atoms with E-state index in [0.717, 1.165) is 31.1 Å². The highest BCUT2D eigenvalue weighted by Gasteiger charge is 2.24. The molecule has 1 fully saturated rings. The molecule has 0 aromatic heterocycles. The Morgan fingerprint density at radius 3 is 2.43 bits per heavy atom. The molecule has 1 atom stereocenters. The van der Waals surface area contributed by atoms with Crippen LogP contribution >= 0.6 is 0 Å². The molecule has 7 heteroatoms. The van der Waals surface area contributed by atoms with E-state index in [1.54, 1.807) is 28.4 Å². The molecule has 0 aliphatic carbocycles. The van der Waals surface area contributed by atoms with Gasteiger partial charge < -0.3 is 24.8 Å². The molecule has 0 spiro atoms. The van der Waals surface area contributed by atoms with Gasteiger partial charge in [0.2, 0.25) is 0 Å². The zero-order chi connectivity index (χ0) is 21.3. The average Bonchev–Trinajstić information content (AvgIpc) is 3.33. The molecular formula is C23H32N4O3. The predicted octanol–water partition coefficient (Wildman–Crippen LogP) is 3.54. The number of hydrogen-bond acceptors (Lipinski definition) is 5. The summed E-state index contributed by atoms with van der Waals surface area (Å²) in [7, 11) is 6.73. The second-order valence-corrected chi connectivity index (χ2v) is 7.18. The van der Waals surface area contributed by atoms with Gasteiger partial charge in [-0.15, -0.1) is 0 Å². The van der Waals surface area contributed by atoms with Crippen LogP contribution in [0.25, 0.3) is 0 Å². The Bertz CT molecular complexity index is 850. The van der Waals surface area contributed by atoms with Gasteiger partial charge in [-0.2, -0.15) is 0 Å². The van der Waals surface area contributed by atoms with Gasteiger partial charge in [-0.3, -0.25) is 9.89 Å². The van der Waals surface area contributed by atoms with Crippen LogP contribution in [0.5, 0.6) is 17.2 Å². The van der Waals surface area contributed by atoms with E-state index in [9.17, 15) is 0 Å². The number of methoxy groups -OCH3 is 3. The fraction of sp³-hybridized carbons (Fsp3) is 0.435. The van der Waals surface area contributed by atoms with Gasteiger partial charge in [0.1, 0.15) is 5.75 Å². The number of guanidine groups is 1. The van der Waals surface area contributed by atoms with Crippen molar-refractivity contribution < 1.29 is 14.2 Å². The number of benzene rings is 2. The highest BCUT2D eigenvalue weighted by molar-refractivity contribution is 5.93. The van der Waals surface area contributed by atoms with E-state index in [0.29, 0.717) is 17.5 Å². The fourth-order valence-electron chi connectivity index (χ4n) is 3.78. The number of aliphatic imine (C=N–C) groups is 1. The molecule has 3 rings (SSSR count). The molecule has 0 amide bonds. The minimum absolute atomic E-state index is 0.242. The third kappa shape index (κ3) is 5.36. The summed E-state index contributed by atoms with van der Waals surface area (Å²) in [6.07, 6.45) is 2.47. The highest BCUT2D eigenvalue weighted by atomic mass is 16.5. The Morgan fingerprint density at radius 2 is 1.77 bits per heavy atom. The van der Waals surface area contributed by atoms with Crippen LogP contribution in [0.3, 0.4) is 0 Å². The van der Waals surface area contributed by atoms with Gasteiger partial charge in [0.25, 0.3) is 0 Å². The maximum atomic E-state index is 5.44. The van der Waals surface area contributed by atoms with E-state index in [2.05, 4.69) is 32.7 Å². The van der Waals surface area contributed by atoms with E-state index in [1.807, 2.05) is 30.3 Å². The molecule has 1 unspecified atom stereocenters. The van der Waals surface area contributed by atoms with Crippen molar-refractivity contribution in [1.29, 1.82) is 0 Å². The Hall–Kier alpha value is -2.93. The summed E-state index contributed by atoms with van der Waals surface area (Å²) in [6.45, 7) is 2.94. The van der Waals surface area contributed by atoms with Crippen LogP contribution in [0.15, 0.2) is 47.5 Å². The molecule has 7 nitrogen and oxygen atoms in total. The summed E-state index contributed by atoms with van der Waals surface area (Å²) in [5.41, 5.74) is 2.12. The maximum absolute atomic E-state index is 5.44. The van der Waals surface area contributed by atoms with Crippen molar-refractivity contribution in [2.45, 2.75) is 18.9 Å². The molecule has 0 bridgehead atoms. The first-order chi connectivity index (χ1) is 14.7. The molecule has 2 aromatic rings. The van der Waals surface area contributed by atoms with E-state index in [4.69, 9.17) is 14.2 Å². The number of rotatable bonds is 8. The van der Waals surface area contributed by atoms with Crippen LogP contribution in [-0.2, 0) is 0 Å². The maximum Gasteiger partial charge on any atom is 0.195 e. The van der Waals surface area contributed by atoms with Crippen LogP contribution in [0.2, 0.25) is 0 Å². The lowest BCUT2D eigenvalue weighted by atomic mass is 10.1. The molecule has 162 valence electrons. The Labute approximate surface area is 179 Å². The number of nitrogens with one attached hydrogen (secondary N) is 2. The van der Waals surface area contributed by atoms with Crippen LogP contribution in [-0.4, -0.2) is 58.9 Å². The Morgan fingerprint density at radius 1 is 1.00 bits per heavy atom. The van der Waals surface area contributed by atoms with Gasteiger partial charge in [-0.25, -0.2) is 0 Å². The first kappa shape index (κ1) is 21.8. The summed E-state index contributed by atoms with van der Waals surface area (Å²) in [6, 6.07) is 14.3. The number of ether oxygens (including phenoxy) is 3.